The van der Waals surface area contributed by atoms with Gasteiger partial charge in [-0.3, -0.25) is 9.59 Å². The van der Waals surface area contributed by atoms with E-state index < -0.39 is 17.4 Å². The van der Waals surface area contributed by atoms with Crippen molar-refractivity contribution in [2.45, 2.75) is 18.1 Å². The van der Waals surface area contributed by atoms with E-state index in [9.17, 15) is 9.59 Å². The number of nitrogens with zero attached hydrogens (tertiary/aromatic N) is 1. The molecule has 2 unspecified atom stereocenters. The van der Waals surface area contributed by atoms with Gasteiger partial charge in [-0.15, -0.1) is 0 Å². The molecule has 2 saturated heterocycles. The van der Waals surface area contributed by atoms with Gasteiger partial charge in [-0.05, 0) is 36.2 Å². The molecule has 154 valence electrons. The number of carbonyl (C=O) groups excluding carboxylic acids is 2. The number of rotatable bonds is 6. The summed E-state index contributed by atoms with van der Waals surface area (Å²) in [4.78, 5) is 28.0. The molecule has 1 N–H and O–H groups in total. The molecular formula is C24H24N2O4. The molecule has 6 nitrogen and oxygen atoms in total. The third kappa shape index (κ3) is 2.99. The van der Waals surface area contributed by atoms with E-state index in [2.05, 4.69) is 5.32 Å². The predicted molar refractivity (Wildman–Crippen MR) is 112 cm³/mol. The predicted octanol–water partition coefficient (Wildman–Crippen LogP) is 2.34. The molecule has 2 aromatic rings. The van der Waals surface area contributed by atoms with Crippen LogP contribution >= 0.6 is 0 Å². The fourth-order valence-electron chi connectivity index (χ4n) is 4.86. The number of carbonyl (C=O) groups is 2. The van der Waals surface area contributed by atoms with Crippen molar-refractivity contribution in [3.05, 3.63) is 72.3 Å². The third-order valence-corrected chi connectivity index (χ3v) is 6.34. The quantitative estimate of drug-likeness (QED) is 0.751. The Bertz CT molecular complexity index is 988. The van der Waals surface area contributed by atoms with Crippen LogP contribution in [0.5, 0.6) is 5.75 Å². The van der Waals surface area contributed by atoms with Crippen LogP contribution in [-0.2, 0) is 20.7 Å². The molecule has 4 atom stereocenters. The molecule has 0 aliphatic carbocycles. The molecule has 1 spiro atoms. The van der Waals surface area contributed by atoms with E-state index in [1.807, 2.05) is 66.7 Å². The Balaban J connectivity index is 1.27. The van der Waals surface area contributed by atoms with Crippen molar-refractivity contribution in [3.63, 3.8) is 0 Å². The fourth-order valence-corrected chi connectivity index (χ4v) is 4.86. The Morgan fingerprint density at radius 3 is 2.70 bits per heavy atom. The van der Waals surface area contributed by atoms with E-state index in [0.29, 0.717) is 19.5 Å². The molecule has 0 radical (unpaired) electrons. The van der Waals surface area contributed by atoms with Crippen LogP contribution in [0.2, 0.25) is 0 Å². The number of para-hydroxylation sites is 1. The topological polar surface area (TPSA) is 67.9 Å². The highest BCUT2D eigenvalue weighted by atomic mass is 16.5. The van der Waals surface area contributed by atoms with Gasteiger partial charge in [-0.2, -0.15) is 0 Å². The summed E-state index contributed by atoms with van der Waals surface area (Å²) in [5.41, 5.74) is 1.25. The molecule has 6 heteroatoms. The zero-order valence-electron chi connectivity index (χ0n) is 16.8. The van der Waals surface area contributed by atoms with Crippen LogP contribution in [0.25, 0.3) is 0 Å². The van der Waals surface area contributed by atoms with E-state index in [1.54, 1.807) is 12.0 Å². The average Bonchev–Trinajstić information content (AvgIpc) is 3.43. The summed E-state index contributed by atoms with van der Waals surface area (Å²) >= 11 is 0. The van der Waals surface area contributed by atoms with E-state index in [0.717, 1.165) is 17.0 Å². The first-order chi connectivity index (χ1) is 14.6. The lowest BCUT2D eigenvalue weighted by molar-refractivity contribution is -0.131. The largest absolute Gasteiger partial charge is 0.497 e. The fraction of sp³-hybridized carbons (Fsp3) is 0.333. The smallest absolute Gasteiger partial charge is 0.234 e. The maximum atomic E-state index is 13.3. The summed E-state index contributed by atoms with van der Waals surface area (Å²) in [5, 5.41) is 3.02. The molecule has 0 aromatic heterocycles. The van der Waals surface area contributed by atoms with Gasteiger partial charge in [0.1, 0.15) is 11.4 Å². The first-order valence-electron chi connectivity index (χ1n) is 10.3. The van der Waals surface area contributed by atoms with E-state index >= 15 is 0 Å². The molecular weight excluding hydrogens is 380 g/mol. The van der Waals surface area contributed by atoms with Crippen LogP contribution in [0.3, 0.4) is 0 Å². The van der Waals surface area contributed by atoms with Crippen molar-refractivity contribution in [2.75, 3.05) is 25.1 Å². The number of hydrogen-bond acceptors (Lipinski definition) is 4. The Morgan fingerprint density at radius 1 is 1.20 bits per heavy atom. The molecule has 30 heavy (non-hydrogen) atoms. The number of ether oxygens (including phenoxy) is 2. The second-order valence-corrected chi connectivity index (χ2v) is 8.05. The van der Waals surface area contributed by atoms with Crippen molar-refractivity contribution < 1.29 is 19.1 Å². The molecule has 3 aliphatic rings. The molecule has 2 fully saturated rings. The van der Waals surface area contributed by atoms with Crippen LogP contribution in [0.15, 0.2) is 66.7 Å². The summed E-state index contributed by atoms with van der Waals surface area (Å²) < 4.78 is 11.4. The van der Waals surface area contributed by atoms with Gasteiger partial charge in [-0.25, -0.2) is 0 Å². The first kappa shape index (κ1) is 18.9. The first-order valence-corrected chi connectivity index (χ1v) is 10.3. The molecule has 2 aromatic carbocycles. The molecule has 5 rings (SSSR count). The summed E-state index contributed by atoms with van der Waals surface area (Å²) in [6.45, 7) is 0.956. The second-order valence-electron chi connectivity index (χ2n) is 8.05. The van der Waals surface area contributed by atoms with Crippen molar-refractivity contribution >= 4 is 17.5 Å². The van der Waals surface area contributed by atoms with Gasteiger partial charge in [0.2, 0.25) is 11.8 Å². The Hall–Kier alpha value is -3.12. The number of amides is 2. The summed E-state index contributed by atoms with van der Waals surface area (Å²) in [7, 11) is 1.64. The van der Waals surface area contributed by atoms with Crippen LogP contribution in [0.4, 0.5) is 5.69 Å². The summed E-state index contributed by atoms with van der Waals surface area (Å²) in [6.07, 6.45) is 4.29. The van der Waals surface area contributed by atoms with E-state index in [-0.39, 0.29) is 17.9 Å². The van der Waals surface area contributed by atoms with E-state index in [4.69, 9.17) is 9.47 Å². The standard InChI is InChI=1S/C24H24N2O4/c1-29-18-9-7-16(8-10-18)12-14-25-22(27)20-19-11-13-24(30-19)15-26(23(28)21(20)24)17-5-3-2-4-6-17/h2-11,13,19-21H,12,14-15H2,1H3,(H,25,27)/t19-,20?,21?,24+/m0/s1. The van der Waals surface area contributed by atoms with Crippen LogP contribution in [0, 0.1) is 11.8 Å². The number of hydrogen-bond donors (Lipinski definition) is 1. The lowest BCUT2D eigenvalue weighted by atomic mass is 9.77. The minimum absolute atomic E-state index is 0.0386. The second kappa shape index (κ2) is 7.29. The van der Waals surface area contributed by atoms with Gasteiger partial charge >= 0.3 is 0 Å². The Morgan fingerprint density at radius 2 is 1.97 bits per heavy atom. The monoisotopic (exact) mass is 404 g/mol. The molecule has 2 amide bonds. The Kier molecular flexibility index (Phi) is 4.59. The minimum atomic E-state index is -0.699. The van der Waals surface area contributed by atoms with Gasteiger partial charge < -0.3 is 19.7 Å². The summed E-state index contributed by atoms with van der Waals surface area (Å²) in [5.74, 6) is -0.321. The lowest BCUT2D eigenvalue weighted by Gasteiger charge is -2.23. The van der Waals surface area contributed by atoms with Crippen molar-refractivity contribution in [1.82, 2.24) is 5.32 Å². The van der Waals surface area contributed by atoms with Gasteiger partial charge in [0.25, 0.3) is 0 Å². The lowest BCUT2D eigenvalue weighted by Crippen LogP contribution is -2.44. The molecule has 2 bridgehead atoms. The van der Waals surface area contributed by atoms with Crippen LogP contribution in [0.1, 0.15) is 5.56 Å². The normalized spacial score (nSPS) is 28.6. The highest BCUT2D eigenvalue weighted by Crippen LogP contribution is 2.52. The maximum Gasteiger partial charge on any atom is 0.234 e. The number of nitrogens with one attached hydrogen (secondary N) is 1. The van der Waals surface area contributed by atoms with Crippen LogP contribution < -0.4 is 15.0 Å². The van der Waals surface area contributed by atoms with Crippen molar-refractivity contribution in [3.8, 4) is 5.75 Å². The van der Waals surface area contributed by atoms with Crippen LogP contribution in [-0.4, -0.2) is 43.7 Å². The number of anilines is 1. The minimum Gasteiger partial charge on any atom is -0.497 e. The highest BCUT2D eigenvalue weighted by Gasteiger charge is 2.66. The van der Waals surface area contributed by atoms with Crippen molar-refractivity contribution in [1.29, 1.82) is 0 Å². The van der Waals surface area contributed by atoms with Gasteiger partial charge in [-0.1, -0.05) is 42.5 Å². The summed E-state index contributed by atoms with van der Waals surface area (Å²) in [6, 6.07) is 17.4. The number of methoxy groups -OCH3 is 1. The zero-order valence-corrected chi connectivity index (χ0v) is 16.8. The van der Waals surface area contributed by atoms with Gasteiger partial charge in [0.05, 0.1) is 31.6 Å². The van der Waals surface area contributed by atoms with Crippen molar-refractivity contribution in [2.24, 2.45) is 11.8 Å². The molecule has 3 heterocycles. The zero-order chi connectivity index (χ0) is 20.7. The van der Waals surface area contributed by atoms with Gasteiger partial charge in [0, 0.05) is 12.2 Å². The number of benzene rings is 2. The third-order valence-electron chi connectivity index (χ3n) is 6.34. The molecule has 0 saturated carbocycles. The molecule has 3 aliphatic heterocycles. The maximum absolute atomic E-state index is 13.3. The average molecular weight is 404 g/mol. The SMILES string of the molecule is COc1ccc(CCNC(=O)C2C3C(=O)N(c4ccccc4)C[C@]34C=C[C@@H]2O4)cc1. The van der Waals surface area contributed by atoms with Gasteiger partial charge in [0.15, 0.2) is 0 Å². The number of fused-ring (bicyclic) bond motifs is 1. The van der Waals surface area contributed by atoms with E-state index in [1.165, 1.54) is 0 Å². The Labute approximate surface area is 175 Å². The highest BCUT2D eigenvalue weighted by molar-refractivity contribution is 6.03.